The summed E-state index contributed by atoms with van der Waals surface area (Å²) in [7, 11) is 0. The third kappa shape index (κ3) is 2.84. The van der Waals surface area contributed by atoms with Crippen LogP contribution in [0.3, 0.4) is 0 Å². The van der Waals surface area contributed by atoms with Crippen LogP contribution in [0.4, 0.5) is 5.82 Å². The standard InChI is InChI=1S/C12H20IN3/c1-11(2,3)8-7(13)9(14)16-10(15-8)12(4,5)6/h1-6H3,(H2,14,15,16). The Morgan fingerprint density at radius 1 is 0.938 bits per heavy atom. The maximum absolute atomic E-state index is 5.96. The predicted octanol–water partition coefficient (Wildman–Crippen LogP) is 3.26. The van der Waals surface area contributed by atoms with Gasteiger partial charge in [-0.2, -0.15) is 0 Å². The number of nitrogen functional groups attached to an aromatic ring is 1. The molecular weight excluding hydrogens is 313 g/mol. The molecule has 0 aliphatic carbocycles. The SMILES string of the molecule is CC(C)(C)c1nc(N)c(I)c(C(C)(C)C)n1. The number of halogens is 1. The number of hydrogen-bond donors (Lipinski definition) is 1. The van der Waals surface area contributed by atoms with E-state index in [1.807, 2.05) is 0 Å². The molecule has 3 nitrogen and oxygen atoms in total. The number of hydrogen-bond acceptors (Lipinski definition) is 3. The Bertz CT molecular complexity index is 400. The van der Waals surface area contributed by atoms with Gasteiger partial charge < -0.3 is 5.73 Å². The smallest absolute Gasteiger partial charge is 0.140 e. The van der Waals surface area contributed by atoms with Crippen molar-refractivity contribution in [2.45, 2.75) is 52.4 Å². The Kier molecular flexibility index (Phi) is 3.53. The van der Waals surface area contributed by atoms with E-state index in [0.29, 0.717) is 5.82 Å². The second-order valence-electron chi connectivity index (χ2n) is 6.10. The van der Waals surface area contributed by atoms with Crippen molar-refractivity contribution >= 4 is 28.4 Å². The summed E-state index contributed by atoms with van der Waals surface area (Å²) in [6.45, 7) is 12.7. The number of anilines is 1. The molecule has 1 rings (SSSR count). The lowest BCUT2D eigenvalue weighted by atomic mass is 9.90. The zero-order valence-corrected chi connectivity index (χ0v) is 13.0. The minimum absolute atomic E-state index is 0.00637. The summed E-state index contributed by atoms with van der Waals surface area (Å²) in [4.78, 5) is 9.05. The van der Waals surface area contributed by atoms with Crippen LogP contribution in [-0.2, 0) is 10.8 Å². The summed E-state index contributed by atoms with van der Waals surface area (Å²) in [5.74, 6) is 1.40. The first-order valence-electron chi connectivity index (χ1n) is 5.37. The van der Waals surface area contributed by atoms with Crippen molar-refractivity contribution in [3.8, 4) is 0 Å². The van der Waals surface area contributed by atoms with Gasteiger partial charge >= 0.3 is 0 Å². The Labute approximate surface area is 111 Å². The summed E-state index contributed by atoms with van der Waals surface area (Å²) in [5.41, 5.74) is 6.91. The van der Waals surface area contributed by atoms with E-state index in [-0.39, 0.29) is 10.8 Å². The van der Waals surface area contributed by atoms with Gasteiger partial charge in [0.15, 0.2) is 0 Å². The third-order valence-electron chi connectivity index (χ3n) is 2.26. The van der Waals surface area contributed by atoms with Crippen molar-refractivity contribution < 1.29 is 0 Å². The maximum Gasteiger partial charge on any atom is 0.140 e. The summed E-state index contributed by atoms with van der Waals surface area (Å²) in [6, 6.07) is 0. The van der Waals surface area contributed by atoms with Gasteiger partial charge in [0, 0.05) is 10.8 Å². The van der Waals surface area contributed by atoms with Crippen LogP contribution in [0.25, 0.3) is 0 Å². The highest BCUT2D eigenvalue weighted by molar-refractivity contribution is 14.1. The zero-order valence-electron chi connectivity index (χ0n) is 10.8. The van der Waals surface area contributed by atoms with Crippen molar-refractivity contribution in [1.29, 1.82) is 0 Å². The fourth-order valence-corrected chi connectivity index (χ4v) is 2.35. The van der Waals surface area contributed by atoms with E-state index < -0.39 is 0 Å². The molecular formula is C12H20IN3. The van der Waals surface area contributed by atoms with Gasteiger partial charge in [0.05, 0.1) is 9.26 Å². The van der Waals surface area contributed by atoms with Crippen molar-refractivity contribution in [2.75, 3.05) is 5.73 Å². The van der Waals surface area contributed by atoms with Gasteiger partial charge in [-0.05, 0) is 22.6 Å². The van der Waals surface area contributed by atoms with Crippen LogP contribution >= 0.6 is 22.6 Å². The molecule has 0 radical (unpaired) electrons. The molecule has 0 atom stereocenters. The number of aromatic nitrogens is 2. The van der Waals surface area contributed by atoms with E-state index in [0.717, 1.165) is 15.1 Å². The second-order valence-corrected chi connectivity index (χ2v) is 7.17. The fourth-order valence-electron chi connectivity index (χ4n) is 1.30. The molecule has 0 saturated heterocycles. The number of nitrogens with zero attached hydrogens (tertiary/aromatic N) is 2. The van der Waals surface area contributed by atoms with Gasteiger partial charge in [-0.25, -0.2) is 9.97 Å². The molecule has 4 heteroatoms. The van der Waals surface area contributed by atoms with Crippen molar-refractivity contribution in [2.24, 2.45) is 0 Å². The lowest BCUT2D eigenvalue weighted by Gasteiger charge is -2.24. The Morgan fingerprint density at radius 2 is 1.44 bits per heavy atom. The first kappa shape index (κ1) is 13.7. The number of rotatable bonds is 0. The molecule has 0 bridgehead atoms. The molecule has 0 aliphatic heterocycles. The van der Waals surface area contributed by atoms with E-state index in [2.05, 4.69) is 74.1 Å². The Hall–Kier alpha value is -0.390. The van der Waals surface area contributed by atoms with E-state index in [9.17, 15) is 0 Å². The summed E-state index contributed by atoms with van der Waals surface area (Å²) >= 11 is 2.22. The molecule has 0 amide bonds. The second kappa shape index (κ2) is 4.13. The summed E-state index contributed by atoms with van der Waals surface area (Å²) in [6.07, 6.45) is 0. The highest BCUT2D eigenvalue weighted by atomic mass is 127. The van der Waals surface area contributed by atoms with Crippen LogP contribution < -0.4 is 5.73 Å². The lowest BCUT2D eigenvalue weighted by molar-refractivity contribution is 0.512. The van der Waals surface area contributed by atoms with Gasteiger partial charge in [-0.15, -0.1) is 0 Å². The van der Waals surface area contributed by atoms with Gasteiger partial charge in [0.1, 0.15) is 11.6 Å². The first-order chi connectivity index (χ1) is 7.03. The molecule has 0 fully saturated rings. The van der Waals surface area contributed by atoms with Gasteiger partial charge in [0.25, 0.3) is 0 Å². The van der Waals surface area contributed by atoms with E-state index in [4.69, 9.17) is 5.73 Å². The molecule has 2 N–H and O–H groups in total. The highest BCUT2D eigenvalue weighted by Crippen LogP contribution is 2.30. The number of nitrogens with two attached hydrogens (primary N) is 1. The largest absolute Gasteiger partial charge is 0.383 e. The normalized spacial score (nSPS) is 12.9. The Morgan fingerprint density at radius 3 is 1.81 bits per heavy atom. The molecule has 1 heterocycles. The summed E-state index contributed by atoms with van der Waals surface area (Å²) in [5, 5.41) is 0. The molecule has 0 saturated carbocycles. The average molecular weight is 333 g/mol. The summed E-state index contributed by atoms with van der Waals surface area (Å²) < 4.78 is 0.970. The minimum Gasteiger partial charge on any atom is -0.383 e. The molecule has 16 heavy (non-hydrogen) atoms. The molecule has 90 valence electrons. The van der Waals surface area contributed by atoms with Gasteiger partial charge in [-0.3, -0.25) is 0 Å². The van der Waals surface area contributed by atoms with Crippen molar-refractivity contribution in [1.82, 2.24) is 9.97 Å². The first-order valence-corrected chi connectivity index (χ1v) is 6.45. The minimum atomic E-state index is -0.0710. The van der Waals surface area contributed by atoms with Crippen LogP contribution in [0.2, 0.25) is 0 Å². The van der Waals surface area contributed by atoms with Crippen LogP contribution in [-0.4, -0.2) is 9.97 Å². The van der Waals surface area contributed by atoms with Crippen molar-refractivity contribution in [3.05, 3.63) is 15.1 Å². The van der Waals surface area contributed by atoms with Gasteiger partial charge in [-0.1, -0.05) is 41.5 Å². The maximum atomic E-state index is 5.96. The van der Waals surface area contributed by atoms with Crippen LogP contribution in [0, 0.1) is 3.57 Å². The van der Waals surface area contributed by atoms with E-state index in [1.165, 1.54) is 0 Å². The van der Waals surface area contributed by atoms with Crippen LogP contribution in [0.5, 0.6) is 0 Å². The van der Waals surface area contributed by atoms with E-state index >= 15 is 0 Å². The molecule has 1 aromatic rings. The van der Waals surface area contributed by atoms with E-state index in [1.54, 1.807) is 0 Å². The average Bonchev–Trinajstić information content (AvgIpc) is 2.05. The highest BCUT2D eigenvalue weighted by Gasteiger charge is 2.26. The van der Waals surface area contributed by atoms with Crippen LogP contribution in [0.15, 0.2) is 0 Å². The topological polar surface area (TPSA) is 51.8 Å². The Balaban J connectivity index is 3.46. The molecule has 0 aromatic carbocycles. The van der Waals surface area contributed by atoms with Crippen molar-refractivity contribution in [3.63, 3.8) is 0 Å². The predicted molar refractivity (Wildman–Crippen MR) is 76.6 cm³/mol. The molecule has 1 aromatic heterocycles. The molecule has 0 aliphatic rings. The third-order valence-corrected chi connectivity index (χ3v) is 3.32. The fraction of sp³-hybridized carbons (Fsp3) is 0.667. The van der Waals surface area contributed by atoms with Gasteiger partial charge in [0.2, 0.25) is 0 Å². The quantitative estimate of drug-likeness (QED) is 0.742. The molecule has 0 unspecified atom stereocenters. The van der Waals surface area contributed by atoms with Crippen LogP contribution in [0.1, 0.15) is 53.1 Å². The lowest BCUT2D eigenvalue weighted by Crippen LogP contribution is -2.24. The zero-order chi connectivity index (χ0) is 12.7. The molecule has 0 spiro atoms. The monoisotopic (exact) mass is 333 g/mol.